The minimum absolute atomic E-state index is 0.126. The average Bonchev–Trinajstić information content (AvgIpc) is 2.70. The second kappa shape index (κ2) is 20.3. The van der Waals surface area contributed by atoms with E-state index in [2.05, 4.69) is 13.8 Å². The number of hydrogen-bond acceptors (Lipinski definition) is 3. The normalized spacial score (nSPS) is 13.6. The van der Waals surface area contributed by atoms with Gasteiger partial charge in [-0.25, -0.2) is 0 Å². The van der Waals surface area contributed by atoms with Gasteiger partial charge in [0.2, 0.25) is 0 Å². The van der Waals surface area contributed by atoms with Gasteiger partial charge < -0.3 is 14.3 Å². The molecule has 2 atom stereocenters. The Kier molecular flexibility index (Phi) is 19.6. The van der Waals surface area contributed by atoms with Crippen molar-refractivity contribution < 1.29 is 23.9 Å². The van der Waals surface area contributed by atoms with Crippen LogP contribution >= 0.6 is 0 Å². The molecule has 0 rings (SSSR count). The second-order valence-corrected chi connectivity index (χ2v) is 11.2. The van der Waals surface area contributed by atoms with Crippen molar-refractivity contribution in [2.45, 2.75) is 136 Å². The van der Waals surface area contributed by atoms with Gasteiger partial charge in [-0.1, -0.05) is 110 Å². The van der Waals surface area contributed by atoms with Crippen molar-refractivity contribution in [2.75, 3.05) is 27.7 Å². The molecule has 0 spiro atoms. The lowest BCUT2D eigenvalue weighted by Gasteiger charge is -2.28. The quantitative estimate of drug-likeness (QED) is 0.0962. The highest BCUT2D eigenvalue weighted by Crippen LogP contribution is 2.19. The van der Waals surface area contributed by atoms with Crippen molar-refractivity contribution in [3.8, 4) is 0 Å². The SMILES string of the molecule is CCCCCCCCCC(C)CCCCCCCCCC(=O)OC(CC(=O)O)C[N+](C)(C)C. The number of carbonyl (C=O) groups excluding carboxylic acids is 1. The van der Waals surface area contributed by atoms with Gasteiger partial charge in [-0.3, -0.25) is 9.59 Å². The van der Waals surface area contributed by atoms with Crippen molar-refractivity contribution in [1.82, 2.24) is 0 Å². The Morgan fingerprint density at radius 3 is 1.67 bits per heavy atom. The van der Waals surface area contributed by atoms with E-state index in [9.17, 15) is 9.59 Å². The number of esters is 1. The maximum absolute atomic E-state index is 12.1. The molecule has 0 radical (unpaired) electrons. The van der Waals surface area contributed by atoms with Gasteiger partial charge in [-0.2, -0.15) is 0 Å². The molecule has 0 aromatic heterocycles. The van der Waals surface area contributed by atoms with Crippen LogP contribution in [0.25, 0.3) is 0 Å². The van der Waals surface area contributed by atoms with Crippen molar-refractivity contribution in [1.29, 1.82) is 0 Å². The van der Waals surface area contributed by atoms with Crippen molar-refractivity contribution in [2.24, 2.45) is 5.92 Å². The van der Waals surface area contributed by atoms with E-state index in [0.717, 1.165) is 25.2 Å². The largest absolute Gasteiger partial charge is 0.481 e. The van der Waals surface area contributed by atoms with Gasteiger partial charge in [0.05, 0.1) is 27.6 Å². The van der Waals surface area contributed by atoms with Crippen LogP contribution in [0.1, 0.15) is 129 Å². The average molecular weight is 471 g/mol. The van der Waals surface area contributed by atoms with Gasteiger partial charge in [-0.15, -0.1) is 0 Å². The van der Waals surface area contributed by atoms with E-state index in [1.165, 1.54) is 83.5 Å². The zero-order chi connectivity index (χ0) is 25.0. The summed E-state index contributed by atoms with van der Waals surface area (Å²) in [6.45, 7) is 5.20. The lowest BCUT2D eigenvalue weighted by molar-refractivity contribution is -0.873. The lowest BCUT2D eigenvalue weighted by atomic mass is 9.96. The number of carboxylic acids is 1. The van der Waals surface area contributed by atoms with E-state index in [1.807, 2.05) is 21.1 Å². The summed E-state index contributed by atoms with van der Waals surface area (Å²) >= 11 is 0. The molecule has 196 valence electrons. The van der Waals surface area contributed by atoms with E-state index in [1.54, 1.807) is 0 Å². The van der Waals surface area contributed by atoms with Crippen LogP contribution in [0, 0.1) is 5.92 Å². The monoisotopic (exact) mass is 470 g/mol. The number of carboxylic acid groups (broad SMARTS) is 1. The van der Waals surface area contributed by atoms with Crippen LogP contribution in [0.15, 0.2) is 0 Å². The van der Waals surface area contributed by atoms with Crippen molar-refractivity contribution in [3.05, 3.63) is 0 Å². The molecular weight excluding hydrogens is 414 g/mol. The van der Waals surface area contributed by atoms with Crippen molar-refractivity contribution in [3.63, 3.8) is 0 Å². The minimum Gasteiger partial charge on any atom is -0.481 e. The highest BCUT2D eigenvalue weighted by molar-refractivity contribution is 5.71. The summed E-state index contributed by atoms with van der Waals surface area (Å²) in [7, 11) is 5.92. The van der Waals surface area contributed by atoms with Gasteiger partial charge in [0.15, 0.2) is 6.10 Å². The Hall–Kier alpha value is -1.10. The summed E-state index contributed by atoms with van der Waals surface area (Å²) in [6, 6.07) is 0. The van der Waals surface area contributed by atoms with Gasteiger partial charge in [-0.05, 0) is 12.3 Å². The Bertz CT molecular complexity index is 487. The Balaban J connectivity index is 3.61. The summed E-state index contributed by atoms with van der Waals surface area (Å²) < 4.78 is 6.01. The molecule has 0 heterocycles. The predicted molar refractivity (Wildman–Crippen MR) is 138 cm³/mol. The number of unbranched alkanes of at least 4 members (excludes halogenated alkanes) is 12. The van der Waals surface area contributed by atoms with Gasteiger partial charge in [0, 0.05) is 6.42 Å². The van der Waals surface area contributed by atoms with Gasteiger partial charge in [0.1, 0.15) is 6.54 Å². The topological polar surface area (TPSA) is 63.6 Å². The number of nitrogens with zero attached hydrogens (tertiary/aromatic N) is 1. The molecule has 0 aromatic carbocycles. The van der Waals surface area contributed by atoms with Crippen LogP contribution in [0.2, 0.25) is 0 Å². The molecule has 33 heavy (non-hydrogen) atoms. The maximum Gasteiger partial charge on any atom is 0.307 e. The molecule has 0 amide bonds. The smallest absolute Gasteiger partial charge is 0.307 e. The molecule has 0 aliphatic carbocycles. The molecule has 1 N–H and O–H groups in total. The van der Waals surface area contributed by atoms with Crippen molar-refractivity contribution >= 4 is 11.9 Å². The van der Waals surface area contributed by atoms with Gasteiger partial charge in [0.25, 0.3) is 0 Å². The molecule has 0 aromatic rings. The molecule has 0 bridgehead atoms. The third-order valence-corrected chi connectivity index (χ3v) is 6.33. The van der Waals surface area contributed by atoms with E-state index < -0.39 is 12.1 Å². The number of likely N-dealkylation sites (N-methyl/N-ethyl adjacent to an activating group) is 1. The first kappa shape index (κ1) is 31.9. The number of carbonyl (C=O) groups is 2. The first-order valence-electron chi connectivity index (χ1n) is 13.9. The number of quaternary nitrogens is 1. The lowest BCUT2D eigenvalue weighted by Crippen LogP contribution is -2.43. The second-order valence-electron chi connectivity index (χ2n) is 11.2. The number of rotatable bonds is 23. The summed E-state index contributed by atoms with van der Waals surface area (Å²) in [4.78, 5) is 23.1. The fourth-order valence-corrected chi connectivity index (χ4v) is 4.43. The Morgan fingerprint density at radius 2 is 1.21 bits per heavy atom. The third kappa shape index (κ3) is 23.8. The maximum atomic E-state index is 12.1. The van der Waals surface area contributed by atoms with Crippen LogP contribution in [-0.4, -0.2) is 55.3 Å². The first-order valence-corrected chi connectivity index (χ1v) is 13.9. The molecule has 5 heteroatoms. The van der Waals surface area contributed by atoms with Crippen LogP contribution in [-0.2, 0) is 14.3 Å². The van der Waals surface area contributed by atoms with Crippen LogP contribution in [0.5, 0.6) is 0 Å². The molecule has 0 fully saturated rings. The highest BCUT2D eigenvalue weighted by atomic mass is 16.5. The van der Waals surface area contributed by atoms with E-state index in [-0.39, 0.29) is 12.4 Å². The molecule has 5 nitrogen and oxygen atoms in total. The summed E-state index contributed by atoms with van der Waals surface area (Å²) in [5.74, 6) is -0.313. The summed E-state index contributed by atoms with van der Waals surface area (Å²) in [5, 5.41) is 9.04. The number of ether oxygens (including phenoxy) is 1. The zero-order valence-electron chi connectivity index (χ0n) is 22.7. The fourth-order valence-electron chi connectivity index (χ4n) is 4.43. The first-order chi connectivity index (χ1) is 15.6. The van der Waals surface area contributed by atoms with Crippen LogP contribution in [0.3, 0.4) is 0 Å². The minimum atomic E-state index is -0.923. The van der Waals surface area contributed by atoms with Crippen LogP contribution < -0.4 is 0 Å². The standard InChI is InChI=1S/C28H55NO4/c1-6-7-8-9-11-14-17-20-25(2)21-18-15-12-10-13-16-19-22-28(32)33-26(23-27(30)31)24-29(3,4)5/h25-26H,6-24H2,1-5H3/p+1. The van der Waals surface area contributed by atoms with E-state index in [0.29, 0.717) is 17.4 Å². The molecule has 0 saturated carbocycles. The molecule has 0 aliphatic heterocycles. The highest BCUT2D eigenvalue weighted by Gasteiger charge is 2.24. The summed E-state index contributed by atoms with van der Waals surface area (Å²) in [5.41, 5.74) is 0. The molecular formula is C28H56NO4+. The third-order valence-electron chi connectivity index (χ3n) is 6.33. The predicted octanol–water partition coefficient (Wildman–Crippen LogP) is 7.37. The van der Waals surface area contributed by atoms with E-state index >= 15 is 0 Å². The van der Waals surface area contributed by atoms with E-state index in [4.69, 9.17) is 9.84 Å². The molecule has 0 saturated heterocycles. The molecule has 0 aliphatic rings. The van der Waals surface area contributed by atoms with Crippen LogP contribution in [0.4, 0.5) is 0 Å². The van der Waals surface area contributed by atoms with Gasteiger partial charge >= 0.3 is 11.9 Å². The Morgan fingerprint density at radius 1 is 0.758 bits per heavy atom. The Labute approximate surface area is 205 Å². The number of aliphatic carboxylic acids is 1. The zero-order valence-corrected chi connectivity index (χ0v) is 22.7. The summed E-state index contributed by atoms with van der Waals surface area (Å²) in [6.07, 6.45) is 20.5. The number of hydrogen-bond donors (Lipinski definition) is 1. The molecule has 2 unspecified atom stereocenters. The fraction of sp³-hybridized carbons (Fsp3) is 0.929.